The molecular formula is C11H12Br2N4. The Balaban J connectivity index is 2.45. The third-order valence-corrected chi connectivity index (χ3v) is 3.54. The summed E-state index contributed by atoms with van der Waals surface area (Å²) in [4.78, 5) is 0. The third kappa shape index (κ3) is 2.75. The van der Waals surface area contributed by atoms with E-state index in [-0.39, 0.29) is 0 Å². The zero-order chi connectivity index (χ0) is 12.4. The third-order valence-electron chi connectivity index (χ3n) is 2.33. The van der Waals surface area contributed by atoms with Gasteiger partial charge in [-0.25, -0.2) is 4.68 Å². The van der Waals surface area contributed by atoms with Crippen molar-refractivity contribution in [3.8, 4) is 5.69 Å². The van der Waals surface area contributed by atoms with Crippen LogP contribution in [0.2, 0.25) is 0 Å². The molecule has 0 saturated carbocycles. The molecule has 6 heteroatoms. The number of aryl methyl sites for hydroxylation is 1. The molecule has 17 heavy (non-hydrogen) atoms. The van der Waals surface area contributed by atoms with E-state index >= 15 is 0 Å². The van der Waals surface area contributed by atoms with Crippen LogP contribution >= 0.6 is 31.9 Å². The fraction of sp³-hybridized carbons (Fsp3) is 0.273. The number of rotatable bonds is 3. The zero-order valence-corrected chi connectivity index (χ0v) is 12.5. The largest absolute Gasteiger partial charge is 0.330 e. The van der Waals surface area contributed by atoms with Gasteiger partial charge in [0.1, 0.15) is 0 Å². The maximum Gasteiger partial charge on any atom is 0.0947 e. The Morgan fingerprint density at radius 2 is 1.94 bits per heavy atom. The summed E-state index contributed by atoms with van der Waals surface area (Å²) in [7, 11) is 0. The summed E-state index contributed by atoms with van der Waals surface area (Å²) in [6, 6.07) is 4.09. The smallest absolute Gasteiger partial charge is 0.0947 e. The van der Waals surface area contributed by atoms with Crippen molar-refractivity contribution in [2.45, 2.75) is 13.3 Å². The molecule has 1 aromatic heterocycles. The minimum absolute atomic E-state index is 0.578. The highest BCUT2D eigenvalue weighted by atomic mass is 79.9. The number of benzene rings is 1. The van der Waals surface area contributed by atoms with Gasteiger partial charge in [-0.2, -0.15) is 0 Å². The maximum absolute atomic E-state index is 5.49. The summed E-state index contributed by atoms with van der Waals surface area (Å²) in [5, 5.41) is 8.19. The highest BCUT2D eigenvalue weighted by molar-refractivity contribution is 9.11. The second kappa shape index (κ2) is 5.29. The average molecular weight is 360 g/mol. The number of hydrogen-bond donors (Lipinski definition) is 1. The van der Waals surface area contributed by atoms with Crippen molar-refractivity contribution in [1.82, 2.24) is 15.0 Å². The fourth-order valence-corrected chi connectivity index (χ4v) is 3.36. The van der Waals surface area contributed by atoms with Crippen LogP contribution in [0.4, 0.5) is 0 Å². The first kappa shape index (κ1) is 12.7. The first-order valence-corrected chi connectivity index (χ1v) is 6.77. The molecule has 0 fully saturated rings. The molecule has 0 aliphatic rings. The summed E-state index contributed by atoms with van der Waals surface area (Å²) in [6.45, 7) is 2.62. The molecule has 0 spiro atoms. The summed E-state index contributed by atoms with van der Waals surface area (Å²) in [5.74, 6) is 0. The predicted molar refractivity (Wildman–Crippen MR) is 74.3 cm³/mol. The van der Waals surface area contributed by atoms with E-state index < -0.39 is 0 Å². The van der Waals surface area contributed by atoms with Gasteiger partial charge in [-0.05, 0) is 63.0 Å². The van der Waals surface area contributed by atoms with Crippen molar-refractivity contribution in [2.75, 3.05) is 6.54 Å². The van der Waals surface area contributed by atoms with Crippen LogP contribution in [0.3, 0.4) is 0 Å². The predicted octanol–water partition coefficient (Wildman–Crippen LogP) is 2.60. The normalized spacial score (nSPS) is 10.8. The zero-order valence-electron chi connectivity index (χ0n) is 9.32. The van der Waals surface area contributed by atoms with Crippen molar-refractivity contribution in [1.29, 1.82) is 0 Å². The lowest BCUT2D eigenvalue weighted by Crippen LogP contribution is -2.02. The van der Waals surface area contributed by atoms with Gasteiger partial charge < -0.3 is 5.73 Å². The fourth-order valence-electron chi connectivity index (χ4n) is 1.58. The van der Waals surface area contributed by atoms with Gasteiger partial charge in [0.15, 0.2) is 0 Å². The van der Waals surface area contributed by atoms with Crippen LogP contribution in [0.1, 0.15) is 11.3 Å². The molecule has 90 valence electrons. The lowest BCUT2D eigenvalue weighted by atomic mass is 10.2. The summed E-state index contributed by atoms with van der Waals surface area (Å²) in [6.07, 6.45) is 2.63. The van der Waals surface area contributed by atoms with Crippen LogP contribution in [0.5, 0.6) is 0 Å². The molecule has 2 rings (SSSR count). The van der Waals surface area contributed by atoms with E-state index in [1.165, 1.54) is 5.56 Å². The first-order valence-electron chi connectivity index (χ1n) is 5.19. The molecule has 2 N–H and O–H groups in total. The summed E-state index contributed by atoms with van der Waals surface area (Å²) < 4.78 is 3.71. The van der Waals surface area contributed by atoms with Gasteiger partial charge in [-0.1, -0.05) is 5.21 Å². The van der Waals surface area contributed by atoms with E-state index in [0.717, 1.165) is 26.7 Å². The summed E-state index contributed by atoms with van der Waals surface area (Å²) in [5.41, 5.74) is 8.51. The van der Waals surface area contributed by atoms with E-state index in [1.54, 1.807) is 4.68 Å². The van der Waals surface area contributed by atoms with Crippen molar-refractivity contribution in [3.63, 3.8) is 0 Å². The molecule has 0 unspecified atom stereocenters. The van der Waals surface area contributed by atoms with Gasteiger partial charge >= 0.3 is 0 Å². The van der Waals surface area contributed by atoms with E-state index in [1.807, 2.05) is 25.3 Å². The number of halogens is 2. The highest BCUT2D eigenvalue weighted by Crippen LogP contribution is 2.30. The van der Waals surface area contributed by atoms with Crippen molar-refractivity contribution in [3.05, 3.63) is 38.5 Å². The maximum atomic E-state index is 5.49. The van der Waals surface area contributed by atoms with Crippen LogP contribution < -0.4 is 5.73 Å². The Bertz CT molecular complexity index is 513. The minimum atomic E-state index is 0.578. The Morgan fingerprint density at radius 1 is 1.29 bits per heavy atom. The molecule has 0 radical (unpaired) electrons. The molecule has 0 amide bonds. The summed E-state index contributed by atoms with van der Waals surface area (Å²) >= 11 is 7.08. The van der Waals surface area contributed by atoms with Gasteiger partial charge in [0, 0.05) is 15.4 Å². The molecule has 1 heterocycles. The number of nitrogens with two attached hydrogens (primary N) is 1. The average Bonchev–Trinajstić information content (AvgIpc) is 2.65. The Labute approximate surface area is 116 Å². The second-order valence-electron chi connectivity index (χ2n) is 3.77. The molecule has 4 nitrogen and oxygen atoms in total. The van der Waals surface area contributed by atoms with Crippen LogP contribution in [0, 0.1) is 6.92 Å². The second-order valence-corrected chi connectivity index (χ2v) is 5.48. The number of hydrogen-bond acceptors (Lipinski definition) is 3. The number of aromatic nitrogens is 3. The lowest BCUT2D eigenvalue weighted by Gasteiger charge is -2.07. The molecule has 0 aliphatic heterocycles. The van der Waals surface area contributed by atoms with E-state index in [0.29, 0.717) is 6.54 Å². The quantitative estimate of drug-likeness (QED) is 0.916. The van der Waals surface area contributed by atoms with E-state index in [9.17, 15) is 0 Å². The van der Waals surface area contributed by atoms with Crippen molar-refractivity contribution < 1.29 is 0 Å². The molecule has 0 saturated heterocycles. The lowest BCUT2D eigenvalue weighted by molar-refractivity contribution is 0.789. The molecular weight excluding hydrogens is 348 g/mol. The highest BCUT2D eigenvalue weighted by Gasteiger charge is 2.10. The Kier molecular flexibility index (Phi) is 3.96. The number of nitrogens with zero attached hydrogens (tertiary/aromatic N) is 3. The molecule has 0 atom stereocenters. The van der Waals surface area contributed by atoms with Crippen molar-refractivity contribution >= 4 is 31.9 Å². The van der Waals surface area contributed by atoms with Gasteiger partial charge in [0.25, 0.3) is 0 Å². The van der Waals surface area contributed by atoms with Crippen LogP contribution in [-0.4, -0.2) is 21.5 Å². The van der Waals surface area contributed by atoms with Gasteiger partial charge in [-0.15, -0.1) is 5.10 Å². The standard InChI is InChI=1S/C11H12Br2N4/c1-7-4-9(12)11(10(13)5-7)17-6-8(2-3-14)15-16-17/h4-6H,2-3,14H2,1H3. The van der Waals surface area contributed by atoms with Crippen molar-refractivity contribution in [2.24, 2.45) is 5.73 Å². The molecule has 2 aromatic rings. The monoisotopic (exact) mass is 358 g/mol. The molecule has 0 bridgehead atoms. The topological polar surface area (TPSA) is 56.7 Å². The Hall–Kier alpha value is -0.720. The SMILES string of the molecule is Cc1cc(Br)c(-n2cc(CCN)nn2)c(Br)c1. The Morgan fingerprint density at radius 3 is 2.53 bits per heavy atom. The minimum Gasteiger partial charge on any atom is -0.330 e. The van der Waals surface area contributed by atoms with Gasteiger partial charge in [-0.3, -0.25) is 0 Å². The van der Waals surface area contributed by atoms with Crippen LogP contribution in [-0.2, 0) is 6.42 Å². The molecule has 0 aliphatic carbocycles. The first-order chi connectivity index (χ1) is 8.11. The van der Waals surface area contributed by atoms with Crippen LogP contribution in [0.15, 0.2) is 27.3 Å². The van der Waals surface area contributed by atoms with Crippen LogP contribution in [0.25, 0.3) is 5.69 Å². The van der Waals surface area contributed by atoms with E-state index in [2.05, 4.69) is 42.2 Å². The van der Waals surface area contributed by atoms with E-state index in [4.69, 9.17) is 5.73 Å². The molecule has 1 aromatic carbocycles. The van der Waals surface area contributed by atoms with Gasteiger partial charge in [0.05, 0.1) is 17.6 Å². The van der Waals surface area contributed by atoms with Gasteiger partial charge in [0.2, 0.25) is 0 Å².